The number of ether oxygens (including phenoxy) is 2. The Balaban J connectivity index is 1.86. The summed E-state index contributed by atoms with van der Waals surface area (Å²) in [7, 11) is 1.40. The number of carbonyl (C=O) groups excluding carboxylic acids is 2. The maximum absolute atomic E-state index is 13.7. The summed E-state index contributed by atoms with van der Waals surface area (Å²) in [4.78, 5) is 30.5. The number of nitrogens with one attached hydrogen (secondary N) is 1. The zero-order valence-corrected chi connectivity index (χ0v) is 20.0. The van der Waals surface area contributed by atoms with Gasteiger partial charge in [0, 0.05) is 43.9 Å². The molecule has 2 amide bonds. The lowest BCUT2D eigenvalue weighted by Gasteiger charge is -2.39. The molecule has 0 spiro atoms. The van der Waals surface area contributed by atoms with Crippen molar-refractivity contribution in [2.24, 2.45) is 0 Å². The van der Waals surface area contributed by atoms with E-state index >= 15 is 0 Å². The van der Waals surface area contributed by atoms with Crippen molar-refractivity contribution < 1.29 is 32.2 Å². The number of rotatable bonds is 4. The number of aromatic nitrogens is 1. The van der Waals surface area contributed by atoms with Gasteiger partial charge in [-0.3, -0.25) is 4.79 Å². The monoisotopic (exact) mass is 487 g/mol. The zero-order valence-electron chi connectivity index (χ0n) is 19.2. The minimum absolute atomic E-state index is 0.0394. The molecule has 0 aromatic carbocycles. The summed E-state index contributed by atoms with van der Waals surface area (Å²) in [6.45, 7) is 7.66. The van der Waals surface area contributed by atoms with E-state index in [-0.39, 0.29) is 27.7 Å². The molecule has 0 unspecified atom stereocenters. The highest BCUT2D eigenvalue weighted by molar-refractivity contribution is 7.17. The van der Waals surface area contributed by atoms with Crippen molar-refractivity contribution in [3.05, 3.63) is 22.6 Å². The fourth-order valence-electron chi connectivity index (χ4n) is 3.79. The van der Waals surface area contributed by atoms with Crippen molar-refractivity contribution in [2.45, 2.75) is 70.9 Å². The van der Waals surface area contributed by atoms with Gasteiger partial charge in [0.25, 0.3) is 5.91 Å². The second-order valence-electron chi connectivity index (χ2n) is 8.91. The van der Waals surface area contributed by atoms with Crippen LogP contribution in [-0.2, 0) is 10.9 Å². The van der Waals surface area contributed by atoms with Gasteiger partial charge >= 0.3 is 12.3 Å². The van der Waals surface area contributed by atoms with E-state index < -0.39 is 35.4 Å². The average molecular weight is 488 g/mol. The summed E-state index contributed by atoms with van der Waals surface area (Å²) >= 11 is 0.821. The van der Waals surface area contributed by atoms with E-state index in [1.54, 1.807) is 25.7 Å². The fourth-order valence-corrected chi connectivity index (χ4v) is 4.82. The molecular weight excluding hydrogens is 459 g/mol. The average Bonchev–Trinajstić information content (AvgIpc) is 3.14. The number of thiophene rings is 1. The molecule has 2 atom stereocenters. The van der Waals surface area contributed by atoms with Gasteiger partial charge < -0.3 is 19.7 Å². The van der Waals surface area contributed by atoms with Crippen LogP contribution in [0.25, 0.3) is 10.2 Å². The molecule has 1 aliphatic heterocycles. The van der Waals surface area contributed by atoms with Gasteiger partial charge in [0.05, 0.1) is 21.3 Å². The molecule has 182 valence electrons. The number of likely N-dealkylation sites (tertiary alicyclic amines) is 1. The Bertz CT molecular complexity index is 1030. The Morgan fingerprint density at radius 1 is 1.30 bits per heavy atom. The molecule has 1 aliphatic rings. The number of fused-ring (bicyclic) bond motifs is 1. The molecule has 33 heavy (non-hydrogen) atoms. The van der Waals surface area contributed by atoms with E-state index in [9.17, 15) is 22.8 Å². The van der Waals surface area contributed by atoms with Crippen molar-refractivity contribution in [3.8, 4) is 5.88 Å². The second kappa shape index (κ2) is 9.36. The molecule has 1 saturated heterocycles. The van der Waals surface area contributed by atoms with Gasteiger partial charge in [0.15, 0.2) is 0 Å². The summed E-state index contributed by atoms with van der Waals surface area (Å²) in [5.74, 6) is -0.709. The predicted molar refractivity (Wildman–Crippen MR) is 119 cm³/mol. The molecule has 0 radical (unpaired) electrons. The molecule has 1 N–H and O–H groups in total. The Morgan fingerprint density at radius 2 is 2.00 bits per heavy atom. The van der Waals surface area contributed by atoms with E-state index in [2.05, 4.69) is 10.3 Å². The minimum atomic E-state index is -4.63. The van der Waals surface area contributed by atoms with Crippen LogP contribution in [-0.4, -0.2) is 53.2 Å². The van der Waals surface area contributed by atoms with Crippen LogP contribution in [0.4, 0.5) is 18.0 Å². The molecule has 1 fully saturated rings. The zero-order chi connectivity index (χ0) is 24.6. The van der Waals surface area contributed by atoms with Crippen LogP contribution in [0.15, 0.2) is 11.4 Å². The molecule has 0 aliphatic carbocycles. The molecule has 0 saturated carbocycles. The maximum Gasteiger partial charge on any atom is 0.418 e. The Kier molecular flexibility index (Phi) is 7.11. The number of piperidine rings is 1. The van der Waals surface area contributed by atoms with E-state index in [0.717, 1.165) is 17.4 Å². The first kappa shape index (κ1) is 25.1. The van der Waals surface area contributed by atoms with Crippen LogP contribution < -0.4 is 10.1 Å². The molecular formula is C22H28F3N3O4S. The largest absolute Gasteiger partial charge is 0.474 e. The third kappa shape index (κ3) is 5.69. The topological polar surface area (TPSA) is 80.8 Å². The minimum Gasteiger partial charge on any atom is -0.474 e. The van der Waals surface area contributed by atoms with Crippen molar-refractivity contribution >= 4 is 33.6 Å². The highest BCUT2D eigenvalue weighted by Crippen LogP contribution is 2.40. The van der Waals surface area contributed by atoms with Gasteiger partial charge in [-0.1, -0.05) is 6.92 Å². The highest BCUT2D eigenvalue weighted by Gasteiger charge is 2.37. The standard InChI is InChI=1S/C22H28F3N3O4S/c1-6-12-9-13(7-8-28(12)20(30)32-21(2,3)4)31-16-10-15(22(23,24)25)18-17(27-16)14(11-33-18)19(29)26-5/h10-13H,6-9H2,1-5H3,(H,26,29)/t12-,13-/m1/s1. The Morgan fingerprint density at radius 3 is 2.58 bits per heavy atom. The number of amides is 2. The van der Waals surface area contributed by atoms with Gasteiger partial charge in [-0.2, -0.15) is 13.2 Å². The lowest BCUT2D eigenvalue weighted by Crippen LogP contribution is -2.50. The highest BCUT2D eigenvalue weighted by atomic mass is 32.1. The number of pyridine rings is 1. The first-order valence-electron chi connectivity index (χ1n) is 10.7. The van der Waals surface area contributed by atoms with Crippen LogP contribution >= 0.6 is 11.3 Å². The van der Waals surface area contributed by atoms with Crippen LogP contribution in [0.3, 0.4) is 0 Å². The van der Waals surface area contributed by atoms with E-state index in [0.29, 0.717) is 25.8 Å². The number of hydrogen-bond donors (Lipinski definition) is 1. The van der Waals surface area contributed by atoms with Crippen molar-refractivity contribution in [3.63, 3.8) is 0 Å². The molecule has 2 aromatic heterocycles. The van der Waals surface area contributed by atoms with Crippen molar-refractivity contribution in [1.29, 1.82) is 0 Å². The van der Waals surface area contributed by atoms with E-state index in [1.807, 2.05) is 6.92 Å². The molecule has 7 nitrogen and oxygen atoms in total. The second-order valence-corrected chi connectivity index (χ2v) is 9.79. The quantitative estimate of drug-likeness (QED) is 0.639. The third-order valence-corrected chi connectivity index (χ3v) is 6.33. The molecule has 11 heteroatoms. The number of nitrogens with zero attached hydrogens (tertiary/aromatic N) is 2. The summed E-state index contributed by atoms with van der Waals surface area (Å²) in [6.07, 6.45) is -3.98. The smallest absolute Gasteiger partial charge is 0.418 e. The maximum atomic E-state index is 13.7. The number of alkyl halides is 3. The molecule has 3 rings (SSSR count). The van der Waals surface area contributed by atoms with Crippen molar-refractivity contribution in [1.82, 2.24) is 15.2 Å². The summed E-state index contributed by atoms with van der Waals surface area (Å²) in [6, 6.07) is 0.709. The van der Waals surface area contributed by atoms with Crippen LogP contribution in [0, 0.1) is 0 Å². The third-order valence-electron chi connectivity index (χ3n) is 5.33. The predicted octanol–water partition coefficient (Wildman–Crippen LogP) is 5.23. The van der Waals surface area contributed by atoms with Crippen molar-refractivity contribution in [2.75, 3.05) is 13.6 Å². The van der Waals surface area contributed by atoms with Crippen LogP contribution in [0.2, 0.25) is 0 Å². The summed E-state index contributed by atoms with van der Waals surface area (Å²) in [5.41, 5.74) is -1.48. The van der Waals surface area contributed by atoms with Gasteiger partial charge in [0.2, 0.25) is 5.88 Å². The number of carbonyl (C=O) groups is 2. The van der Waals surface area contributed by atoms with Gasteiger partial charge in [-0.15, -0.1) is 11.3 Å². The lowest BCUT2D eigenvalue weighted by atomic mass is 9.98. The van der Waals surface area contributed by atoms with Gasteiger partial charge in [0.1, 0.15) is 11.7 Å². The number of halogens is 3. The van der Waals surface area contributed by atoms with Gasteiger partial charge in [-0.05, 0) is 27.2 Å². The van der Waals surface area contributed by atoms with Crippen LogP contribution in [0.5, 0.6) is 5.88 Å². The number of hydrogen-bond acceptors (Lipinski definition) is 6. The summed E-state index contributed by atoms with van der Waals surface area (Å²) in [5, 5.41) is 3.78. The first-order valence-corrected chi connectivity index (χ1v) is 11.6. The van der Waals surface area contributed by atoms with Gasteiger partial charge in [-0.25, -0.2) is 9.78 Å². The SMILES string of the molecule is CC[C@@H]1C[C@H](Oc2cc(C(F)(F)F)c3scc(C(=O)NC)c3n2)CCN1C(=O)OC(C)(C)C. The molecule has 0 bridgehead atoms. The Hall–Kier alpha value is -2.56. The first-order chi connectivity index (χ1) is 15.3. The lowest BCUT2D eigenvalue weighted by molar-refractivity contribution is -0.136. The molecule has 2 aromatic rings. The Labute approximate surface area is 194 Å². The normalized spacial score (nSPS) is 19.5. The van der Waals surface area contributed by atoms with E-state index in [1.165, 1.54) is 12.4 Å². The molecule has 3 heterocycles. The van der Waals surface area contributed by atoms with E-state index in [4.69, 9.17) is 9.47 Å². The summed E-state index contributed by atoms with van der Waals surface area (Å²) < 4.78 is 52.4. The fraction of sp³-hybridized carbons (Fsp3) is 0.591. The van der Waals surface area contributed by atoms with Crippen LogP contribution in [0.1, 0.15) is 62.9 Å².